The first-order valence-corrected chi connectivity index (χ1v) is 6.75. The SMILES string of the molecule is Cc1nn(C)cc1CNCc1nc2ccccc2n1C. The monoisotopic (exact) mass is 269 g/mol. The first kappa shape index (κ1) is 12.9. The zero-order valence-electron chi connectivity index (χ0n) is 12.1. The number of hydrogen-bond donors (Lipinski definition) is 1. The molecule has 5 heteroatoms. The quantitative estimate of drug-likeness (QED) is 0.787. The van der Waals surface area contributed by atoms with Gasteiger partial charge in [-0.3, -0.25) is 4.68 Å². The van der Waals surface area contributed by atoms with E-state index in [9.17, 15) is 0 Å². The number of imidazole rings is 1. The fourth-order valence-corrected chi connectivity index (χ4v) is 2.48. The van der Waals surface area contributed by atoms with Gasteiger partial charge in [0.25, 0.3) is 0 Å². The Balaban J connectivity index is 1.71. The van der Waals surface area contributed by atoms with Gasteiger partial charge in [0, 0.05) is 32.4 Å². The summed E-state index contributed by atoms with van der Waals surface area (Å²) in [7, 11) is 4.00. The van der Waals surface area contributed by atoms with Gasteiger partial charge in [-0.05, 0) is 19.1 Å². The molecule has 5 nitrogen and oxygen atoms in total. The molecule has 0 aliphatic heterocycles. The van der Waals surface area contributed by atoms with Crippen molar-refractivity contribution < 1.29 is 0 Å². The molecule has 2 heterocycles. The van der Waals surface area contributed by atoms with E-state index in [1.807, 2.05) is 36.9 Å². The number of fused-ring (bicyclic) bond motifs is 1. The maximum Gasteiger partial charge on any atom is 0.123 e. The van der Waals surface area contributed by atoms with Crippen LogP contribution in [0.25, 0.3) is 11.0 Å². The average Bonchev–Trinajstić information content (AvgIpc) is 2.91. The van der Waals surface area contributed by atoms with Gasteiger partial charge in [0.05, 0.1) is 23.3 Å². The fourth-order valence-electron chi connectivity index (χ4n) is 2.48. The summed E-state index contributed by atoms with van der Waals surface area (Å²) < 4.78 is 3.99. The molecule has 0 amide bonds. The van der Waals surface area contributed by atoms with Gasteiger partial charge in [-0.25, -0.2) is 4.98 Å². The van der Waals surface area contributed by atoms with Gasteiger partial charge in [-0.1, -0.05) is 12.1 Å². The number of para-hydroxylation sites is 2. The Kier molecular flexibility index (Phi) is 3.28. The van der Waals surface area contributed by atoms with Crippen LogP contribution in [0.1, 0.15) is 17.1 Å². The third-order valence-electron chi connectivity index (χ3n) is 3.59. The van der Waals surface area contributed by atoms with Crippen LogP contribution >= 0.6 is 0 Å². The van der Waals surface area contributed by atoms with Gasteiger partial charge in [0.15, 0.2) is 0 Å². The minimum absolute atomic E-state index is 0.750. The summed E-state index contributed by atoms with van der Waals surface area (Å²) in [5, 5.41) is 7.78. The molecule has 2 aromatic heterocycles. The third kappa shape index (κ3) is 2.32. The lowest BCUT2D eigenvalue weighted by Gasteiger charge is -2.04. The van der Waals surface area contributed by atoms with E-state index < -0.39 is 0 Å². The Bertz CT molecular complexity index is 738. The maximum absolute atomic E-state index is 4.65. The van der Waals surface area contributed by atoms with Gasteiger partial charge in [-0.15, -0.1) is 0 Å². The number of aryl methyl sites for hydroxylation is 3. The highest BCUT2D eigenvalue weighted by molar-refractivity contribution is 5.75. The lowest BCUT2D eigenvalue weighted by molar-refractivity contribution is 0.641. The zero-order chi connectivity index (χ0) is 14.1. The summed E-state index contributed by atoms with van der Waals surface area (Å²) in [5.74, 6) is 1.05. The van der Waals surface area contributed by atoms with Crippen molar-refractivity contribution in [3.63, 3.8) is 0 Å². The fraction of sp³-hybridized carbons (Fsp3) is 0.333. The van der Waals surface area contributed by atoms with Gasteiger partial charge >= 0.3 is 0 Å². The van der Waals surface area contributed by atoms with E-state index in [0.717, 1.165) is 30.1 Å². The van der Waals surface area contributed by atoms with Crippen molar-refractivity contribution in [1.29, 1.82) is 0 Å². The predicted octanol–water partition coefficient (Wildman–Crippen LogP) is 1.91. The molecular formula is C15H19N5. The van der Waals surface area contributed by atoms with Crippen LogP contribution in [-0.2, 0) is 27.2 Å². The van der Waals surface area contributed by atoms with E-state index in [2.05, 4.69) is 39.3 Å². The number of benzene rings is 1. The van der Waals surface area contributed by atoms with Crippen molar-refractivity contribution in [3.8, 4) is 0 Å². The molecule has 0 unspecified atom stereocenters. The van der Waals surface area contributed by atoms with Gasteiger partial charge in [-0.2, -0.15) is 5.10 Å². The molecule has 0 spiro atoms. The van der Waals surface area contributed by atoms with Crippen LogP contribution in [-0.4, -0.2) is 19.3 Å². The maximum atomic E-state index is 4.65. The van der Waals surface area contributed by atoms with E-state index >= 15 is 0 Å². The number of rotatable bonds is 4. The minimum Gasteiger partial charge on any atom is -0.330 e. The van der Waals surface area contributed by atoms with Crippen molar-refractivity contribution in [2.24, 2.45) is 14.1 Å². The number of hydrogen-bond acceptors (Lipinski definition) is 3. The van der Waals surface area contributed by atoms with E-state index in [0.29, 0.717) is 0 Å². The molecule has 1 N–H and O–H groups in total. The van der Waals surface area contributed by atoms with Crippen LogP contribution in [0.5, 0.6) is 0 Å². The molecule has 20 heavy (non-hydrogen) atoms. The second-order valence-electron chi connectivity index (χ2n) is 5.09. The van der Waals surface area contributed by atoms with E-state index in [4.69, 9.17) is 0 Å². The smallest absolute Gasteiger partial charge is 0.123 e. The predicted molar refractivity (Wildman–Crippen MR) is 79.2 cm³/mol. The van der Waals surface area contributed by atoms with Gasteiger partial charge in [0.1, 0.15) is 5.82 Å². The lowest BCUT2D eigenvalue weighted by Crippen LogP contribution is -2.16. The van der Waals surface area contributed by atoms with E-state index in [-0.39, 0.29) is 0 Å². The van der Waals surface area contributed by atoms with Crippen LogP contribution in [0.3, 0.4) is 0 Å². The summed E-state index contributed by atoms with van der Waals surface area (Å²) in [6.45, 7) is 3.59. The van der Waals surface area contributed by atoms with Gasteiger partial charge in [0.2, 0.25) is 0 Å². The van der Waals surface area contributed by atoms with Crippen molar-refractivity contribution in [1.82, 2.24) is 24.6 Å². The summed E-state index contributed by atoms with van der Waals surface area (Å²) in [6, 6.07) is 8.20. The van der Waals surface area contributed by atoms with Crippen LogP contribution < -0.4 is 5.32 Å². The topological polar surface area (TPSA) is 47.7 Å². The molecule has 0 radical (unpaired) electrons. The highest BCUT2D eigenvalue weighted by atomic mass is 15.3. The van der Waals surface area contributed by atoms with Crippen LogP contribution in [0.4, 0.5) is 0 Å². The Morgan fingerprint density at radius 2 is 1.95 bits per heavy atom. The largest absolute Gasteiger partial charge is 0.330 e. The molecular weight excluding hydrogens is 250 g/mol. The molecule has 0 aliphatic carbocycles. The Hall–Kier alpha value is -2.14. The standard InChI is InChI=1S/C15H19N5/c1-11-12(10-19(2)18-11)8-16-9-15-17-13-6-4-5-7-14(13)20(15)3/h4-7,10,16H,8-9H2,1-3H3. The van der Waals surface area contributed by atoms with Crippen molar-refractivity contribution >= 4 is 11.0 Å². The molecule has 0 fully saturated rings. The summed E-state index contributed by atoms with van der Waals surface area (Å²) in [5.41, 5.74) is 4.52. The number of nitrogens with zero attached hydrogens (tertiary/aromatic N) is 4. The molecule has 0 saturated carbocycles. The normalized spacial score (nSPS) is 11.3. The molecule has 3 aromatic rings. The summed E-state index contributed by atoms with van der Waals surface area (Å²) in [4.78, 5) is 4.65. The molecule has 104 valence electrons. The van der Waals surface area contributed by atoms with Crippen molar-refractivity contribution in [2.45, 2.75) is 20.0 Å². The Morgan fingerprint density at radius 3 is 2.65 bits per heavy atom. The van der Waals surface area contributed by atoms with Crippen LogP contribution in [0.15, 0.2) is 30.5 Å². The Labute approximate surface area is 118 Å². The molecule has 1 aromatic carbocycles. The second-order valence-corrected chi connectivity index (χ2v) is 5.09. The molecule has 0 aliphatic rings. The molecule has 0 atom stereocenters. The van der Waals surface area contributed by atoms with Crippen molar-refractivity contribution in [2.75, 3.05) is 0 Å². The van der Waals surface area contributed by atoms with Crippen LogP contribution in [0, 0.1) is 6.92 Å². The highest BCUT2D eigenvalue weighted by Crippen LogP contribution is 2.14. The lowest BCUT2D eigenvalue weighted by atomic mass is 10.2. The van der Waals surface area contributed by atoms with Gasteiger partial charge < -0.3 is 9.88 Å². The average molecular weight is 269 g/mol. The molecule has 0 saturated heterocycles. The molecule has 3 rings (SSSR count). The minimum atomic E-state index is 0.750. The second kappa shape index (κ2) is 5.09. The first-order chi connectivity index (χ1) is 9.65. The highest BCUT2D eigenvalue weighted by Gasteiger charge is 2.07. The number of nitrogens with one attached hydrogen (secondary N) is 1. The van der Waals surface area contributed by atoms with Crippen molar-refractivity contribution in [3.05, 3.63) is 47.5 Å². The van der Waals surface area contributed by atoms with E-state index in [1.165, 1.54) is 11.1 Å². The van der Waals surface area contributed by atoms with Crippen LogP contribution in [0.2, 0.25) is 0 Å². The Morgan fingerprint density at radius 1 is 1.15 bits per heavy atom. The zero-order valence-corrected chi connectivity index (χ0v) is 12.1. The summed E-state index contributed by atoms with van der Waals surface area (Å²) >= 11 is 0. The first-order valence-electron chi connectivity index (χ1n) is 6.75. The summed E-state index contributed by atoms with van der Waals surface area (Å²) in [6.07, 6.45) is 2.05. The third-order valence-corrected chi connectivity index (χ3v) is 3.59. The van der Waals surface area contributed by atoms with E-state index in [1.54, 1.807) is 0 Å². The number of aromatic nitrogens is 4. The molecule has 0 bridgehead atoms.